The number of thioether (sulfide) groups is 1. The Labute approximate surface area is 165 Å². The number of rotatable bonds is 6. The Bertz CT molecular complexity index is 757. The Kier molecular flexibility index (Phi) is 6.58. The molecule has 1 aromatic heterocycles. The van der Waals surface area contributed by atoms with Gasteiger partial charge < -0.3 is 9.15 Å². The molecule has 1 aromatic carbocycles. The number of aromatic nitrogens is 2. The van der Waals surface area contributed by atoms with E-state index in [-0.39, 0.29) is 17.8 Å². The first-order valence-corrected chi connectivity index (χ1v) is 10.6. The number of aryl methyl sites for hydroxylation is 1. The van der Waals surface area contributed by atoms with Gasteiger partial charge in [0.05, 0.1) is 0 Å². The fourth-order valence-electron chi connectivity index (χ4n) is 3.65. The highest BCUT2D eigenvalue weighted by Crippen LogP contribution is 2.35. The van der Waals surface area contributed by atoms with Gasteiger partial charge in [-0.05, 0) is 49.7 Å². The van der Waals surface area contributed by atoms with Crippen LogP contribution in [0.15, 0.2) is 33.9 Å². The molecule has 0 amide bonds. The topological polar surface area (TPSA) is 65.2 Å². The summed E-state index contributed by atoms with van der Waals surface area (Å²) in [5.74, 6) is 2.03. The minimum absolute atomic E-state index is 0.0210. The van der Waals surface area contributed by atoms with Gasteiger partial charge in [-0.15, -0.1) is 10.2 Å². The molecule has 27 heavy (non-hydrogen) atoms. The molecule has 1 heterocycles. The summed E-state index contributed by atoms with van der Waals surface area (Å²) in [4.78, 5) is 12.3. The molecule has 6 heteroatoms. The van der Waals surface area contributed by atoms with E-state index >= 15 is 0 Å². The monoisotopic (exact) mass is 388 g/mol. The zero-order chi connectivity index (χ0) is 19.4. The number of esters is 1. The predicted molar refractivity (Wildman–Crippen MR) is 106 cm³/mol. The summed E-state index contributed by atoms with van der Waals surface area (Å²) < 4.78 is 11.5. The fourth-order valence-corrected chi connectivity index (χ4v) is 4.20. The maximum Gasteiger partial charge on any atom is 0.316 e. The van der Waals surface area contributed by atoms with E-state index in [4.69, 9.17) is 9.15 Å². The molecule has 1 saturated carbocycles. The average molecular weight is 389 g/mol. The van der Waals surface area contributed by atoms with Gasteiger partial charge in [0.1, 0.15) is 11.9 Å². The first kappa shape index (κ1) is 19.9. The van der Waals surface area contributed by atoms with E-state index in [0.29, 0.717) is 28.9 Å². The molecule has 0 spiro atoms. The smallest absolute Gasteiger partial charge is 0.316 e. The van der Waals surface area contributed by atoms with Crippen molar-refractivity contribution in [2.45, 2.75) is 58.3 Å². The molecule has 3 rings (SSSR count). The number of carbonyl (C=O) groups excluding carboxylic acids is 1. The van der Waals surface area contributed by atoms with Crippen LogP contribution in [0.1, 0.15) is 45.6 Å². The van der Waals surface area contributed by atoms with Crippen LogP contribution < -0.4 is 0 Å². The summed E-state index contributed by atoms with van der Waals surface area (Å²) in [7, 11) is 0. The average Bonchev–Trinajstić information content (AvgIpc) is 3.09. The number of nitrogens with zero attached hydrogens (tertiary/aromatic N) is 2. The van der Waals surface area contributed by atoms with Crippen LogP contribution >= 0.6 is 11.8 Å². The number of ether oxygens (including phenoxy) is 1. The SMILES string of the molecule is Cc1ccc(-c2nnc(SCC(=O)O[C@@H]3C[C@@H](C)CC[C@@H]3C(C)C)o2)cc1. The van der Waals surface area contributed by atoms with Crippen LogP contribution in [0, 0.1) is 24.7 Å². The molecule has 1 aliphatic rings. The molecule has 0 bridgehead atoms. The lowest BCUT2D eigenvalue weighted by Crippen LogP contribution is -2.36. The van der Waals surface area contributed by atoms with E-state index in [1.165, 1.54) is 23.7 Å². The summed E-state index contributed by atoms with van der Waals surface area (Å²) in [6.07, 6.45) is 3.33. The Morgan fingerprint density at radius 2 is 2.00 bits per heavy atom. The summed E-state index contributed by atoms with van der Waals surface area (Å²) >= 11 is 1.23. The molecule has 0 aliphatic heterocycles. The second-order valence-corrected chi connectivity index (χ2v) is 8.81. The van der Waals surface area contributed by atoms with Crippen molar-refractivity contribution in [2.24, 2.45) is 17.8 Å². The molecule has 0 unspecified atom stereocenters. The van der Waals surface area contributed by atoms with Crippen molar-refractivity contribution >= 4 is 17.7 Å². The molecule has 5 nitrogen and oxygen atoms in total. The van der Waals surface area contributed by atoms with Crippen molar-refractivity contribution in [3.63, 3.8) is 0 Å². The summed E-state index contributed by atoms with van der Waals surface area (Å²) in [6.45, 7) is 8.68. The third-order valence-corrected chi connectivity index (χ3v) is 6.05. The highest BCUT2D eigenvalue weighted by Gasteiger charge is 2.33. The van der Waals surface area contributed by atoms with E-state index in [1.54, 1.807) is 0 Å². The summed E-state index contributed by atoms with van der Waals surface area (Å²) in [5.41, 5.74) is 2.05. The van der Waals surface area contributed by atoms with Crippen molar-refractivity contribution < 1.29 is 13.9 Å². The van der Waals surface area contributed by atoms with Gasteiger partial charge in [-0.1, -0.05) is 56.7 Å². The lowest BCUT2D eigenvalue weighted by atomic mass is 9.75. The molecule has 1 aliphatic carbocycles. The molecule has 1 fully saturated rings. The highest BCUT2D eigenvalue weighted by atomic mass is 32.2. The van der Waals surface area contributed by atoms with Gasteiger partial charge in [-0.2, -0.15) is 0 Å². The van der Waals surface area contributed by atoms with Crippen LogP contribution in [0.2, 0.25) is 0 Å². The third-order valence-electron chi connectivity index (χ3n) is 5.26. The minimum Gasteiger partial charge on any atom is -0.461 e. The molecular weight excluding hydrogens is 360 g/mol. The van der Waals surface area contributed by atoms with Crippen LogP contribution in [-0.4, -0.2) is 28.0 Å². The zero-order valence-electron chi connectivity index (χ0n) is 16.5. The lowest BCUT2D eigenvalue weighted by Gasteiger charge is -2.36. The molecule has 146 valence electrons. The standard InChI is InChI=1S/C21H28N2O3S/c1-13(2)17-10-7-15(4)11-18(17)25-19(24)12-27-21-23-22-20(26-21)16-8-5-14(3)6-9-16/h5-6,8-9,13,15,17-18H,7,10-12H2,1-4H3/t15-,17+,18+/m0/s1. The minimum atomic E-state index is -0.208. The third kappa shape index (κ3) is 5.34. The van der Waals surface area contributed by atoms with Crippen LogP contribution in [0.5, 0.6) is 0 Å². The summed E-state index contributed by atoms with van der Waals surface area (Å²) in [6, 6.07) is 7.89. The number of benzene rings is 1. The van der Waals surface area contributed by atoms with Crippen molar-refractivity contribution in [1.82, 2.24) is 10.2 Å². The van der Waals surface area contributed by atoms with E-state index in [0.717, 1.165) is 18.4 Å². The maximum absolute atomic E-state index is 12.3. The first-order chi connectivity index (χ1) is 12.9. The van der Waals surface area contributed by atoms with Gasteiger partial charge in [0, 0.05) is 5.56 Å². The van der Waals surface area contributed by atoms with Crippen LogP contribution in [-0.2, 0) is 9.53 Å². The van der Waals surface area contributed by atoms with Gasteiger partial charge >= 0.3 is 5.97 Å². The van der Waals surface area contributed by atoms with E-state index < -0.39 is 0 Å². The molecule has 0 radical (unpaired) electrons. The fraction of sp³-hybridized carbons (Fsp3) is 0.571. The largest absolute Gasteiger partial charge is 0.461 e. The van der Waals surface area contributed by atoms with Gasteiger partial charge in [0.2, 0.25) is 5.89 Å². The number of carbonyl (C=O) groups is 1. The Hall–Kier alpha value is -1.82. The molecule has 0 saturated heterocycles. The normalized spacial score (nSPS) is 22.8. The highest BCUT2D eigenvalue weighted by molar-refractivity contribution is 7.99. The predicted octanol–water partition coefficient (Wildman–Crippen LogP) is 5.14. The van der Waals surface area contributed by atoms with Crippen molar-refractivity contribution in [3.8, 4) is 11.5 Å². The zero-order valence-corrected chi connectivity index (χ0v) is 17.3. The van der Waals surface area contributed by atoms with Gasteiger partial charge in [0.25, 0.3) is 5.22 Å². The molecule has 3 atom stereocenters. The first-order valence-electron chi connectivity index (χ1n) is 9.65. The summed E-state index contributed by atoms with van der Waals surface area (Å²) in [5, 5.41) is 8.48. The van der Waals surface area contributed by atoms with Gasteiger partial charge in [0.15, 0.2) is 0 Å². The van der Waals surface area contributed by atoms with Crippen molar-refractivity contribution in [3.05, 3.63) is 29.8 Å². The Morgan fingerprint density at radius 1 is 1.26 bits per heavy atom. The van der Waals surface area contributed by atoms with Gasteiger partial charge in [-0.25, -0.2) is 0 Å². The Balaban J connectivity index is 1.54. The maximum atomic E-state index is 12.3. The van der Waals surface area contributed by atoms with E-state index in [9.17, 15) is 4.79 Å². The van der Waals surface area contributed by atoms with Crippen LogP contribution in [0.3, 0.4) is 0 Å². The van der Waals surface area contributed by atoms with Gasteiger partial charge in [-0.3, -0.25) is 4.79 Å². The van der Waals surface area contributed by atoms with Crippen molar-refractivity contribution in [1.29, 1.82) is 0 Å². The van der Waals surface area contributed by atoms with Crippen LogP contribution in [0.4, 0.5) is 0 Å². The molecule has 2 aromatic rings. The molecule has 0 N–H and O–H groups in total. The van der Waals surface area contributed by atoms with Crippen molar-refractivity contribution in [2.75, 3.05) is 5.75 Å². The quantitative estimate of drug-likeness (QED) is 0.504. The molecular formula is C21H28N2O3S. The van der Waals surface area contributed by atoms with E-state index in [1.807, 2.05) is 31.2 Å². The van der Waals surface area contributed by atoms with Crippen LogP contribution in [0.25, 0.3) is 11.5 Å². The second-order valence-electron chi connectivity index (χ2n) is 7.88. The number of hydrogen-bond donors (Lipinski definition) is 0. The van der Waals surface area contributed by atoms with E-state index in [2.05, 4.69) is 31.0 Å². The second kappa shape index (κ2) is 8.91. The number of hydrogen-bond acceptors (Lipinski definition) is 6. The lowest BCUT2D eigenvalue weighted by molar-refractivity contribution is -0.152. The Morgan fingerprint density at radius 3 is 2.70 bits per heavy atom.